The summed E-state index contributed by atoms with van der Waals surface area (Å²) in [7, 11) is -4.48. The summed E-state index contributed by atoms with van der Waals surface area (Å²) in [6.07, 6.45) is -1.47. The standard InChI is InChI=1S/C33H33ClF4N2O5S/c1-21(31-27(34)8-3-9-28(31)35)17-22-10-11-30-29(18-22)40(46(43,44)26-7-2-5-24(19-26)33(36,37)38)20-25(45-30)6-4-14-39-15-12-23(13-16-39)32(41)42/h2-3,5,7-11,17-19,23,25H,4,6,12-16,20H2,1H3,(H,41,42). The molecule has 0 radical (unpaired) electrons. The van der Waals surface area contributed by atoms with Crippen LogP contribution in [-0.2, 0) is 21.0 Å². The molecule has 5 rings (SSSR count). The molecule has 1 fully saturated rings. The van der Waals surface area contributed by atoms with Gasteiger partial charge in [0.25, 0.3) is 10.0 Å². The number of piperidine rings is 1. The Morgan fingerprint density at radius 3 is 2.48 bits per heavy atom. The topological polar surface area (TPSA) is 87.2 Å². The molecule has 0 aliphatic carbocycles. The summed E-state index contributed by atoms with van der Waals surface area (Å²) < 4.78 is 90.4. The van der Waals surface area contributed by atoms with E-state index in [9.17, 15) is 35.9 Å². The number of anilines is 1. The van der Waals surface area contributed by atoms with Crippen LogP contribution < -0.4 is 9.04 Å². The first-order valence-corrected chi connectivity index (χ1v) is 16.6. The van der Waals surface area contributed by atoms with E-state index in [-0.39, 0.29) is 34.5 Å². The van der Waals surface area contributed by atoms with Crippen LogP contribution in [0.1, 0.15) is 49.3 Å². The summed E-state index contributed by atoms with van der Waals surface area (Å²) in [6, 6.07) is 12.8. The minimum absolute atomic E-state index is 0.141. The van der Waals surface area contributed by atoms with E-state index in [4.69, 9.17) is 16.3 Å². The van der Waals surface area contributed by atoms with Crippen LogP contribution in [0.4, 0.5) is 23.2 Å². The van der Waals surface area contributed by atoms with Crippen molar-refractivity contribution in [2.45, 2.75) is 49.8 Å². The predicted octanol–water partition coefficient (Wildman–Crippen LogP) is 7.59. The Labute approximate surface area is 270 Å². The molecule has 0 aromatic heterocycles. The van der Waals surface area contributed by atoms with Gasteiger partial charge in [-0.05, 0) is 106 Å². The van der Waals surface area contributed by atoms with Crippen molar-refractivity contribution in [3.63, 3.8) is 0 Å². The van der Waals surface area contributed by atoms with Gasteiger partial charge in [0, 0.05) is 5.56 Å². The Morgan fingerprint density at radius 2 is 1.80 bits per heavy atom. The van der Waals surface area contributed by atoms with E-state index in [0.29, 0.717) is 62.5 Å². The van der Waals surface area contributed by atoms with E-state index < -0.39 is 44.5 Å². The molecule has 1 atom stereocenters. The number of ether oxygens (including phenoxy) is 1. The normalized spacial score (nSPS) is 18.3. The quantitative estimate of drug-likeness (QED) is 0.185. The number of likely N-dealkylation sites (tertiary alicyclic amines) is 1. The first kappa shape index (κ1) is 33.7. The summed E-state index contributed by atoms with van der Waals surface area (Å²) >= 11 is 6.23. The number of sulfonamides is 1. The summed E-state index contributed by atoms with van der Waals surface area (Å²) in [5.41, 5.74) is 0.243. The van der Waals surface area contributed by atoms with Crippen LogP contribution in [-0.4, -0.2) is 56.7 Å². The minimum Gasteiger partial charge on any atom is -0.486 e. The van der Waals surface area contributed by atoms with E-state index in [1.165, 1.54) is 12.1 Å². The molecule has 2 heterocycles. The summed E-state index contributed by atoms with van der Waals surface area (Å²) in [4.78, 5) is 12.9. The number of carboxylic acids is 1. The van der Waals surface area contributed by atoms with Gasteiger partial charge < -0.3 is 14.7 Å². The maximum Gasteiger partial charge on any atom is 0.416 e. The summed E-state index contributed by atoms with van der Waals surface area (Å²) in [5.74, 6) is -1.42. The molecule has 246 valence electrons. The number of aliphatic carboxylic acids is 1. The molecule has 0 spiro atoms. The lowest BCUT2D eigenvalue weighted by Crippen LogP contribution is -2.44. The fourth-order valence-corrected chi connectivity index (χ4v) is 7.76. The number of benzene rings is 3. The number of alkyl halides is 3. The number of carbonyl (C=O) groups is 1. The Hall–Kier alpha value is -3.61. The number of carboxylic acid groups (broad SMARTS) is 1. The molecule has 0 bridgehead atoms. The molecule has 1 N–H and O–H groups in total. The Bertz CT molecular complexity index is 1720. The molecular formula is C33H33ClF4N2O5S. The van der Waals surface area contributed by atoms with Gasteiger partial charge in [0.2, 0.25) is 0 Å². The summed E-state index contributed by atoms with van der Waals surface area (Å²) in [6.45, 7) is 3.49. The summed E-state index contributed by atoms with van der Waals surface area (Å²) in [5, 5.41) is 9.45. The lowest BCUT2D eigenvalue weighted by atomic mass is 9.97. The maximum absolute atomic E-state index is 14.6. The second-order valence-corrected chi connectivity index (χ2v) is 13.8. The van der Waals surface area contributed by atoms with Crippen molar-refractivity contribution in [2.75, 3.05) is 30.5 Å². The highest BCUT2D eigenvalue weighted by atomic mass is 35.5. The fourth-order valence-electron chi connectivity index (χ4n) is 5.90. The number of rotatable bonds is 9. The smallest absolute Gasteiger partial charge is 0.416 e. The SMILES string of the molecule is CC(=Cc1ccc2c(c1)N(S(=O)(=O)c1cccc(C(F)(F)F)c1)CC(CCCN1CCC(C(=O)O)CC1)O2)c1c(F)cccc1Cl. The highest BCUT2D eigenvalue weighted by Crippen LogP contribution is 2.40. The highest BCUT2D eigenvalue weighted by molar-refractivity contribution is 7.92. The van der Waals surface area contributed by atoms with E-state index in [0.717, 1.165) is 22.5 Å². The van der Waals surface area contributed by atoms with E-state index >= 15 is 0 Å². The molecule has 2 aliphatic heterocycles. The van der Waals surface area contributed by atoms with Crippen LogP contribution in [0.15, 0.2) is 65.6 Å². The van der Waals surface area contributed by atoms with Gasteiger partial charge in [0.05, 0.1) is 33.6 Å². The van der Waals surface area contributed by atoms with Gasteiger partial charge >= 0.3 is 12.1 Å². The molecule has 3 aromatic rings. The minimum atomic E-state index is -4.74. The third-order valence-corrected chi connectivity index (χ3v) is 10.4. The van der Waals surface area contributed by atoms with Crippen LogP contribution in [0.25, 0.3) is 11.6 Å². The largest absolute Gasteiger partial charge is 0.486 e. The zero-order valence-electron chi connectivity index (χ0n) is 24.9. The van der Waals surface area contributed by atoms with Crippen molar-refractivity contribution in [3.8, 4) is 5.75 Å². The molecule has 3 aromatic carbocycles. The van der Waals surface area contributed by atoms with Gasteiger partial charge in [-0.2, -0.15) is 13.2 Å². The Kier molecular flexibility index (Phi) is 10.00. The van der Waals surface area contributed by atoms with Crippen molar-refractivity contribution >= 4 is 44.9 Å². The number of allylic oxidation sites excluding steroid dienone is 1. The highest BCUT2D eigenvalue weighted by Gasteiger charge is 2.37. The van der Waals surface area contributed by atoms with Crippen LogP contribution >= 0.6 is 11.6 Å². The van der Waals surface area contributed by atoms with Gasteiger partial charge in [-0.3, -0.25) is 9.10 Å². The molecule has 1 unspecified atom stereocenters. The van der Waals surface area contributed by atoms with E-state index in [2.05, 4.69) is 4.90 Å². The Balaban J connectivity index is 1.43. The number of halogens is 5. The molecule has 0 saturated carbocycles. The number of hydrogen-bond donors (Lipinski definition) is 1. The maximum atomic E-state index is 14.6. The van der Waals surface area contributed by atoms with Crippen LogP contribution in [0.3, 0.4) is 0 Å². The lowest BCUT2D eigenvalue weighted by molar-refractivity contribution is -0.143. The molecule has 7 nitrogen and oxygen atoms in total. The second-order valence-electron chi connectivity index (χ2n) is 11.5. The van der Waals surface area contributed by atoms with Crippen molar-refractivity contribution in [1.82, 2.24) is 4.90 Å². The zero-order chi connectivity index (χ0) is 33.2. The van der Waals surface area contributed by atoms with E-state index in [1.807, 2.05) is 0 Å². The second kappa shape index (κ2) is 13.6. The van der Waals surface area contributed by atoms with Crippen LogP contribution in [0.2, 0.25) is 5.02 Å². The van der Waals surface area contributed by atoms with Gasteiger partial charge in [0.15, 0.2) is 0 Å². The molecular weight excluding hydrogens is 648 g/mol. The monoisotopic (exact) mass is 680 g/mol. The molecule has 0 amide bonds. The third kappa shape index (κ3) is 7.50. The zero-order valence-corrected chi connectivity index (χ0v) is 26.5. The Morgan fingerprint density at radius 1 is 1.09 bits per heavy atom. The molecule has 1 saturated heterocycles. The average Bonchev–Trinajstić information content (AvgIpc) is 3.00. The van der Waals surface area contributed by atoms with E-state index in [1.54, 1.807) is 37.3 Å². The number of fused-ring (bicyclic) bond motifs is 1. The number of hydrogen-bond acceptors (Lipinski definition) is 5. The lowest BCUT2D eigenvalue weighted by Gasteiger charge is -2.36. The number of nitrogens with zero attached hydrogens (tertiary/aromatic N) is 2. The van der Waals surface area contributed by atoms with Crippen molar-refractivity contribution < 1.29 is 40.6 Å². The predicted molar refractivity (Wildman–Crippen MR) is 168 cm³/mol. The third-order valence-electron chi connectivity index (χ3n) is 8.34. The van der Waals surface area contributed by atoms with Gasteiger partial charge in [0.1, 0.15) is 17.7 Å². The first-order chi connectivity index (χ1) is 21.7. The molecule has 46 heavy (non-hydrogen) atoms. The van der Waals surface area contributed by atoms with Crippen LogP contribution in [0.5, 0.6) is 5.75 Å². The first-order valence-electron chi connectivity index (χ1n) is 14.8. The van der Waals surface area contributed by atoms with Crippen molar-refractivity contribution in [1.29, 1.82) is 0 Å². The molecule has 2 aliphatic rings. The van der Waals surface area contributed by atoms with Gasteiger partial charge in [-0.15, -0.1) is 0 Å². The van der Waals surface area contributed by atoms with Crippen molar-refractivity contribution in [2.24, 2.45) is 5.92 Å². The van der Waals surface area contributed by atoms with Gasteiger partial charge in [-0.1, -0.05) is 35.9 Å². The van der Waals surface area contributed by atoms with Crippen molar-refractivity contribution in [3.05, 3.63) is 88.2 Å². The molecule has 13 heteroatoms. The van der Waals surface area contributed by atoms with Gasteiger partial charge in [-0.25, -0.2) is 12.8 Å². The van der Waals surface area contributed by atoms with Crippen LogP contribution in [0, 0.1) is 11.7 Å². The fraction of sp³-hybridized carbons (Fsp3) is 0.364. The average molecular weight is 681 g/mol.